The van der Waals surface area contributed by atoms with Gasteiger partial charge in [0.2, 0.25) is 0 Å². The number of benzene rings is 1. The van der Waals surface area contributed by atoms with E-state index < -0.39 is 30.4 Å². The van der Waals surface area contributed by atoms with E-state index in [1.54, 1.807) is 0 Å². The minimum Gasteiger partial charge on any atom is -0.428 e. The Morgan fingerprint density at radius 1 is 1.18 bits per heavy atom. The van der Waals surface area contributed by atoms with Crippen molar-refractivity contribution in [1.82, 2.24) is 0 Å². The Morgan fingerprint density at radius 2 is 1.77 bits per heavy atom. The van der Waals surface area contributed by atoms with Gasteiger partial charge in [0.15, 0.2) is 0 Å². The first-order chi connectivity index (χ1) is 10.1. The third-order valence-corrected chi connectivity index (χ3v) is 3.23. The Balaban J connectivity index is 2.91. The molecule has 1 aromatic carbocycles. The first-order valence-electron chi connectivity index (χ1n) is 7.02. The molecule has 7 heteroatoms. The summed E-state index contributed by atoms with van der Waals surface area (Å²) in [4.78, 5) is 0. The number of aliphatic hydroxyl groups is 1. The van der Waals surface area contributed by atoms with Gasteiger partial charge in [0, 0.05) is 5.56 Å². The van der Waals surface area contributed by atoms with Crippen LogP contribution in [-0.4, -0.2) is 23.7 Å². The lowest BCUT2D eigenvalue weighted by Crippen LogP contribution is -2.35. The van der Waals surface area contributed by atoms with Crippen LogP contribution in [0.25, 0.3) is 0 Å². The first-order valence-corrected chi connectivity index (χ1v) is 7.02. The third-order valence-electron chi connectivity index (χ3n) is 3.23. The van der Waals surface area contributed by atoms with E-state index in [1.165, 1.54) is 18.2 Å². The molecule has 0 saturated carbocycles. The molecule has 0 aromatic heterocycles. The van der Waals surface area contributed by atoms with Crippen molar-refractivity contribution in [3.63, 3.8) is 0 Å². The molecular formula is C15H21F4NO2. The van der Waals surface area contributed by atoms with Crippen molar-refractivity contribution in [2.75, 3.05) is 0 Å². The van der Waals surface area contributed by atoms with Gasteiger partial charge in [0.1, 0.15) is 5.75 Å². The lowest BCUT2D eigenvalue weighted by Gasteiger charge is -2.24. The highest BCUT2D eigenvalue weighted by Gasteiger charge is 2.44. The Hall–Kier alpha value is -1.34. The topological polar surface area (TPSA) is 55.5 Å². The molecule has 2 atom stereocenters. The van der Waals surface area contributed by atoms with E-state index in [0.717, 1.165) is 6.07 Å². The zero-order valence-electron chi connectivity index (χ0n) is 12.5. The predicted octanol–water partition coefficient (Wildman–Crippen LogP) is 3.72. The molecule has 0 aliphatic carbocycles. The zero-order valence-corrected chi connectivity index (χ0v) is 12.5. The molecule has 3 nitrogen and oxygen atoms in total. The van der Waals surface area contributed by atoms with Crippen LogP contribution in [-0.2, 0) is 0 Å². The van der Waals surface area contributed by atoms with Gasteiger partial charge in [-0.25, -0.2) is 0 Å². The molecule has 0 heterocycles. The molecule has 0 unspecified atom stereocenters. The molecule has 126 valence electrons. The average molecular weight is 323 g/mol. The summed E-state index contributed by atoms with van der Waals surface area (Å²) in [6.45, 7) is 3.94. The third kappa shape index (κ3) is 5.14. The van der Waals surface area contributed by atoms with Crippen molar-refractivity contribution < 1.29 is 27.4 Å². The molecular weight excluding hydrogens is 302 g/mol. The fraction of sp³-hybridized carbons (Fsp3) is 0.600. The zero-order chi connectivity index (χ0) is 16.9. The van der Waals surface area contributed by atoms with E-state index in [9.17, 15) is 22.7 Å². The minimum atomic E-state index is -4.61. The van der Waals surface area contributed by atoms with Gasteiger partial charge in [-0.05, 0) is 24.8 Å². The number of hydrogen-bond donors (Lipinski definition) is 2. The van der Waals surface area contributed by atoms with Crippen LogP contribution >= 0.6 is 0 Å². The molecule has 0 amide bonds. The number of aliphatic hydroxyl groups excluding tert-OH is 1. The van der Waals surface area contributed by atoms with Crippen LogP contribution in [0, 0.1) is 5.92 Å². The van der Waals surface area contributed by atoms with Crippen LogP contribution < -0.4 is 10.5 Å². The second-order valence-corrected chi connectivity index (χ2v) is 5.57. The van der Waals surface area contributed by atoms with Gasteiger partial charge < -0.3 is 15.6 Å². The fourth-order valence-electron chi connectivity index (χ4n) is 1.93. The molecule has 22 heavy (non-hydrogen) atoms. The Kier molecular flexibility index (Phi) is 6.62. The van der Waals surface area contributed by atoms with Gasteiger partial charge in [0.25, 0.3) is 0 Å². The lowest BCUT2D eigenvalue weighted by molar-refractivity contribution is -0.253. The number of para-hydroxylation sites is 1. The van der Waals surface area contributed by atoms with Gasteiger partial charge >= 0.3 is 12.5 Å². The summed E-state index contributed by atoms with van der Waals surface area (Å²) in [5.74, 6) is -0.111. The number of nitrogens with two attached hydrogens (primary N) is 1. The monoisotopic (exact) mass is 323 g/mol. The van der Waals surface area contributed by atoms with E-state index in [-0.39, 0.29) is 5.56 Å². The lowest BCUT2D eigenvalue weighted by atomic mass is 9.95. The average Bonchev–Trinajstić information content (AvgIpc) is 2.44. The molecule has 3 N–H and O–H groups in total. The van der Waals surface area contributed by atoms with Gasteiger partial charge in [-0.1, -0.05) is 32.0 Å². The molecule has 0 radical (unpaired) electrons. The molecule has 0 aliphatic rings. The maximum atomic E-state index is 13.1. The van der Waals surface area contributed by atoms with E-state index >= 15 is 0 Å². The molecule has 0 bridgehead atoms. The molecule has 1 aromatic rings. The van der Waals surface area contributed by atoms with E-state index in [1.807, 2.05) is 13.8 Å². The summed E-state index contributed by atoms with van der Waals surface area (Å²) in [6, 6.07) is 4.38. The van der Waals surface area contributed by atoms with Crippen LogP contribution in [0.2, 0.25) is 0 Å². The van der Waals surface area contributed by atoms with Crippen LogP contribution in [0.1, 0.15) is 38.3 Å². The molecule has 0 spiro atoms. The molecule has 0 aliphatic heterocycles. The highest BCUT2D eigenvalue weighted by atomic mass is 19.3. The van der Waals surface area contributed by atoms with Crippen LogP contribution in [0.5, 0.6) is 5.75 Å². The van der Waals surface area contributed by atoms with Crippen molar-refractivity contribution in [2.24, 2.45) is 11.7 Å². The van der Waals surface area contributed by atoms with Crippen LogP contribution in [0.15, 0.2) is 24.3 Å². The number of ether oxygens (including phenoxy) is 1. The number of alkyl halides is 4. The Labute approximate surface area is 127 Å². The van der Waals surface area contributed by atoms with Crippen molar-refractivity contribution in [2.45, 2.75) is 51.4 Å². The van der Waals surface area contributed by atoms with Crippen molar-refractivity contribution >= 4 is 0 Å². The highest BCUT2D eigenvalue weighted by molar-refractivity contribution is 5.36. The largest absolute Gasteiger partial charge is 0.461 e. The molecule has 0 fully saturated rings. The summed E-state index contributed by atoms with van der Waals surface area (Å²) in [5.41, 5.74) is 5.93. The second kappa shape index (κ2) is 7.78. The summed E-state index contributed by atoms with van der Waals surface area (Å²) in [7, 11) is 0. The minimum absolute atomic E-state index is 0.0686. The molecule has 1 rings (SSSR count). The van der Waals surface area contributed by atoms with Crippen molar-refractivity contribution in [1.29, 1.82) is 0 Å². The summed E-state index contributed by atoms with van der Waals surface area (Å²) < 4.78 is 54.7. The maximum Gasteiger partial charge on any atom is 0.461 e. The van der Waals surface area contributed by atoms with Crippen LogP contribution in [0.3, 0.4) is 0 Å². The van der Waals surface area contributed by atoms with Crippen LogP contribution in [0.4, 0.5) is 17.6 Å². The summed E-state index contributed by atoms with van der Waals surface area (Å²) in [5, 5.41) is 10.0. The van der Waals surface area contributed by atoms with E-state index in [4.69, 9.17) is 5.73 Å². The van der Waals surface area contributed by atoms with Crippen molar-refractivity contribution in [3.05, 3.63) is 29.8 Å². The quantitative estimate of drug-likeness (QED) is 0.717. The standard InChI is InChI=1S/C15H21F4NO2/c1-9(2)7-8-11(21)13(20)10-5-3-4-6-12(10)22-15(18,19)14(16)17/h3-6,9,11,13-14,21H,7-8,20H2,1-2H3/t11-,13+/m0/s1. The summed E-state index contributed by atoms with van der Waals surface area (Å²) >= 11 is 0. The first kappa shape index (κ1) is 18.7. The number of hydrogen-bond acceptors (Lipinski definition) is 3. The molecule has 0 saturated heterocycles. The van der Waals surface area contributed by atoms with Gasteiger partial charge in [-0.15, -0.1) is 0 Å². The Bertz CT molecular complexity index is 469. The smallest absolute Gasteiger partial charge is 0.428 e. The van der Waals surface area contributed by atoms with Gasteiger partial charge in [-0.3, -0.25) is 0 Å². The van der Waals surface area contributed by atoms with Gasteiger partial charge in [0.05, 0.1) is 12.1 Å². The Morgan fingerprint density at radius 3 is 2.32 bits per heavy atom. The van der Waals surface area contributed by atoms with E-state index in [0.29, 0.717) is 18.8 Å². The summed E-state index contributed by atoms with van der Waals surface area (Å²) in [6.07, 6.45) is -8.47. The fourth-order valence-corrected chi connectivity index (χ4v) is 1.93. The maximum absolute atomic E-state index is 13.1. The van der Waals surface area contributed by atoms with Gasteiger partial charge in [-0.2, -0.15) is 17.6 Å². The predicted molar refractivity (Wildman–Crippen MR) is 75.0 cm³/mol. The van der Waals surface area contributed by atoms with Crippen molar-refractivity contribution in [3.8, 4) is 5.75 Å². The SMILES string of the molecule is CC(C)CC[C@H](O)[C@H](N)c1ccccc1OC(F)(F)C(F)F. The highest BCUT2D eigenvalue weighted by Crippen LogP contribution is 2.33. The number of rotatable bonds is 8. The van der Waals surface area contributed by atoms with E-state index in [2.05, 4.69) is 4.74 Å². The normalized spacial score (nSPS) is 15.2. The number of halogens is 4. The second-order valence-electron chi connectivity index (χ2n) is 5.57.